The molecule has 1 N–H and O–H groups in total. The van der Waals surface area contributed by atoms with Crippen molar-refractivity contribution in [2.75, 3.05) is 12.4 Å². The monoisotopic (exact) mass is 448 g/mol. The van der Waals surface area contributed by atoms with Crippen molar-refractivity contribution in [1.82, 2.24) is 0 Å². The van der Waals surface area contributed by atoms with E-state index in [0.29, 0.717) is 5.02 Å². The Hall–Kier alpha value is -2.90. The smallest absolute Gasteiger partial charge is 0.311 e. The van der Waals surface area contributed by atoms with Crippen LogP contribution in [0.5, 0.6) is 5.75 Å². The molecule has 0 saturated carbocycles. The molecule has 0 radical (unpaired) electrons. The Morgan fingerprint density at radius 3 is 2.17 bits per heavy atom. The first kappa shape index (κ1) is 21.8. The summed E-state index contributed by atoms with van der Waals surface area (Å²) < 4.78 is 43.9. The number of rotatable bonds is 8. The summed E-state index contributed by atoms with van der Waals surface area (Å²) in [7, 11) is -3.88. The van der Waals surface area contributed by atoms with Gasteiger partial charge in [-0.3, -0.25) is 4.79 Å². The Bertz CT molecular complexity index is 1130. The number of benzene rings is 3. The van der Waals surface area contributed by atoms with E-state index < -0.39 is 39.9 Å². The van der Waals surface area contributed by atoms with E-state index >= 15 is 0 Å². The van der Waals surface area contributed by atoms with Crippen molar-refractivity contribution in [3.63, 3.8) is 0 Å². The molecule has 1 unspecified atom stereocenters. The molecule has 3 aromatic rings. The molecule has 0 spiro atoms. The number of halogens is 2. The average molecular weight is 449 g/mol. The molecular weight excluding hydrogens is 431 g/mol. The molecule has 0 bridgehead atoms. The highest BCUT2D eigenvalue weighted by molar-refractivity contribution is 7.91. The third-order valence-corrected chi connectivity index (χ3v) is 6.49. The number of carboxylic acids is 1. The lowest BCUT2D eigenvalue weighted by Crippen LogP contribution is -2.29. The lowest BCUT2D eigenvalue weighted by molar-refractivity contribution is -0.141. The molecule has 0 fully saturated rings. The maximum Gasteiger partial charge on any atom is 0.311 e. The number of carbonyl (C=O) groups is 1. The Balaban J connectivity index is 1.72. The summed E-state index contributed by atoms with van der Waals surface area (Å²) in [5.74, 6) is -3.67. The average Bonchev–Trinajstić information content (AvgIpc) is 2.71. The maximum atomic E-state index is 13.2. The first-order valence-electron chi connectivity index (χ1n) is 8.94. The molecule has 0 aliphatic heterocycles. The number of ether oxygens (including phenoxy) is 1. The zero-order valence-corrected chi connectivity index (χ0v) is 17.2. The van der Waals surface area contributed by atoms with E-state index in [9.17, 15) is 22.7 Å². The lowest BCUT2D eigenvalue weighted by atomic mass is 10.1. The van der Waals surface area contributed by atoms with Crippen LogP contribution in [0.15, 0.2) is 77.7 Å². The predicted octanol–water partition coefficient (Wildman–Crippen LogP) is 4.70. The zero-order chi connectivity index (χ0) is 21.7. The third-order valence-electron chi connectivity index (χ3n) is 4.41. The first-order valence-corrected chi connectivity index (χ1v) is 11.0. The highest BCUT2D eigenvalue weighted by Crippen LogP contribution is 2.24. The molecular formula is C22H18ClFO5S. The molecule has 0 aromatic heterocycles. The normalized spacial score (nSPS) is 12.3. The molecule has 3 rings (SSSR count). The van der Waals surface area contributed by atoms with Crippen LogP contribution in [-0.4, -0.2) is 31.9 Å². The zero-order valence-electron chi connectivity index (χ0n) is 15.7. The maximum absolute atomic E-state index is 13.2. The van der Waals surface area contributed by atoms with E-state index in [0.717, 1.165) is 17.2 Å². The van der Waals surface area contributed by atoms with Crippen LogP contribution < -0.4 is 4.74 Å². The summed E-state index contributed by atoms with van der Waals surface area (Å²) in [6.07, 6.45) is 0. The quantitative estimate of drug-likeness (QED) is 0.540. The summed E-state index contributed by atoms with van der Waals surface area (Å²) in [5.41, 5.74) is 1.67. The fourth-order valence-corrected chi connectivity index (χ4v) is 4.44. The van der Waals surface area contributed by atoms with Crippen LogP contribution in [0.3, 0.4) is 0 Å². The second-order valence-electron chi connectivity index (χ2n) is 6.62. The molecule has 3 aromatic carbocycles. The Labute approximate surface area is 178 Å². The number of hydrogen-bond donors (Lipinski definition) is 1. The van der Waals surface area contributed by atoms with E-state index in [1.54, 1.807) is 24.3 Å². The van der Waals surface area contributed by atoms with Gasteiger partial charge in [0.05, 0.1) is 10.6 Å². The van der Waals surface area contributed by atoms with Crippen molar-refractivity contribution in [3.8, 4) is 16.9 Å². The fourth-order valence-electron chi connectivity index (χ4n) is 2.80. The molecule has 30 heavy (non-hydrogen) atoms. The van der Waals surface area contributed by atoms with Crippen molar-refractivity contribution >= 4 is 27.4 Å². The molecule has 156 valence electrons. The van der Waals surface area contributed by atoms with Crippen LogP contribution in [0.4, 0.5) is 4.39 Å². The summed E-state index contributed by atoms with van der Waals surface area (Å²) in [6, 6.07) is 18.5. The SMILES string of the molecule is O=C(O)C(COc1cccc(F)c1)CS(=O)(=O)c1ccc(-c2ccc(Cl)cc2)cc1. The van der Waals surface area contributed by atoms with Gasteiger partial charge in [-0.05, 0) is 47.5 Å². The van der Waals surface area contributed by atoms with E-state index in [2.05, 4.69) is 0 Å². The molecule has 0 amide bonds. The van der Waals surface area contributed by atoms with E-state index in [4.69, 9.17) is 16.3 Å². The van der Waals surface area contributed by atoms with Gasteiger partial charge in [0.2, 0.25) is 0 Å². The Morgan fingerprint density at radius 1 is 1.00 bits per heavy atom. The predicted molar refractivity (Wildman–Crippen MR) is 112 cm³/mol. The van der Waals surface area contributed by atoms with Crippen LogP contribution in [-0.2, 0) is 14.6 Å². The van der Waals surface area contributed by atoms with Gasteiger partial charge in [-0.25, -0.2) is 12.8 Å². The summed E-state index contributed by atoms with van der Waals surface area (Å²) in [4.78, 5) is 11.5. The van der Waals surface area contributed by atoms with Crippen LogP contribution >= 0.6 is 11.6 Å². The van der Waals surface area contributed by atoms with Crippen LogP contribution in [0.2, 0.25) is 5.02 Å². The highest BCUT2D eigenvalue weighted by Gasteiger charge is 2.27. The molecule has 5 nitrogen and oxygen atoms in total. The topological polar surface area (TPSA) is 80.7 Å². The molecule has 0 aliphatic rings. The van der Waals surface area contributed by atoms with Gasteiger partial charge < -0.3 is 9.84 Å². The van der Waals surface area contributed by atoms with Crippen molar-refractivity contribution in [2.45, 2.75) is 4.90 Å². The molecule has 0 saturated heterocycles. The van der Waals surface area contributed by atoms with E-state index in [1.165, 1.54) is 30.3 Å². The van der Waals surface area contributed by atoms with Crippen molar-refractivity contribution < 1.29 is 27.4 Å². The van der Waals surface area contributed by atoms with Crippen molar-refractivity contribution in [1.29, 1.82) is 0 Å². The number of hydrogen-bond acceptors (Lipinski definition) is 4. The summed E-state index contributed by atoms with van der Waals surface area (Å²) >= 11 is 5.87. The van der Waals surface area contributed by atoms with Gasteiger partial charge in [-0.15, -0.1) is 0 Å². The van der Waals surface area contributed by atoms with Gasteiger partial charge >= 0.3 is 5.97 Å². The van der Waals surface area contributed by atoms with Gasteiger partial charge in [0.25, 0.3) is 0 Å². The summed E-state index contributed by atoms with van der Waals surface area (Å²) in [6.45, 7) is -0.402. The molecule has 1 atom stereocenters. The molecule has 0 aliphatic carbocycles. The van der Waals surface area contributed by atoms with Gasteiger partial charge in [-0.1, -0.05) is 41.9 Å². The van der Waals surface area contributed by atoms with Gasteiger partial charge in [0, 0.05) is 11.1 Å². The second-order valence-corrected chi connectivity index (χ2v) is 9.09. The largest absolute Gasteiger partial charge is 0.493 e. The summed E-state index contributed by atoms with van der Waals surface area (Å²) in [5, 5.41) is 10.00. The first-order chi connectivity index (χ1) is 14.2. The lowest BCUT2D eigenvalue weighted by Gasteiger charge is -2.14. The number of aliphatic carboxylic acids is 1. The van der Waals surface area contributed by atoms with Crippen LogP contribution in [0.25, 0.3) is 11.1 Å². The molecule has 0 heterocycles. The number of sulfone groups is 1. The van der Waals surface area contributed by atoms with Gasteiger partial charge in [-0.2, -0.15) is 0 Å². The Kier molecular flexibility index (Phi) is 6.74. The fraction of sp³-hybridized carbons (Fsp3) is 0.136. The van der Waals surface area contributed by atoms with E-state index in [-0.39, 0.29) is 10.6 Å². The Morgan fingerprint density at radius 2 is 1.60 bits per heavy atom. The van der Waals surface area contributed by atoms with Crippen molar-refractivity contribution in [3.05, 3.63) is 83.6 Å². The minimum atomic E-state index is -3.88. The molecule has 8 heteroatoms. The van der Waals surface area contributed by atoms with E-state index in [1.807, 2.05) is 12.1 Å². The van der Waals surface area contributed by atoms with Crippen LogP contribution in [0, 0.1) is 11.7 Å². The van der Waals surface area contributed by atoms with Crippen LogP contribution in [0.1, 0.15) is 0 Å². The highest BCUT2D eigenvalue weighted by atomic mass is 35.5. The van der Waals surface area contributed by atoms with Gasteiger partial charge in [0.15, 0.2) is 9.84 Å². The van der Waals surface area contributed by atoms with Crippen molar-refractivity contribution in [2.24, 2.45) is 5.92 Å². The standard InChI is InChI=1S/C22H18ClFO5S/c23-18-8-4-15(5-9-18)16-6-10-21(11-7-16)30(27,28)14-17(22(25)26)13-29-20-3-1-2-19(24)12-20/h1-12,17H,13-14H2,(H,25,26). The van der Waals surface area contributed by atoms with Gasteiger partial charge in [0.1, 0.15) is 24.1 Å². The minimum absolute atomic E-state index is 0.0113. The second kappa shape index (κ2) is 9.28. The minimum Gasteiger partial charge on any atom is -0.493 e. The number of carboxylic acid groups (broad SMARTS) is 1. The third kappa shape index (κ3) is 5.58.